The first-order valence-corrected chi connectivity index (χ1v) is 10.9. The molecule has 0 saturated heterocycles. The van der Waals surface area contributed by atoms with E-state index in [4.69, 9.17) is 0 Å². The third kappa shape index (κ3) is 3.88. The van der Waals surface area contributed by atoms with Crippen molar-refractivity contribution < 1.29 is 15.0 Å². The molecule has 4 aromatic rings. The summed E-state index contributed by atoms with van der Waals surface area (Å²) in [6, 6.07) is 13.0. The number of aromatic amines is 1. The molecular formula is C24H24N2O4S. The average Bonchev–Trinajstić information content (AvgIpc) is 3.19. The molecule has 0 spiro atoms. The Kier molecular flexibility index (Phi) is 5.23. The topological polar surface area (TPSA) is 93.6 Å². The van der Waals surface area contributed by atoms with Crippen LogP contribution in [0.3, 0.4) is 0 Å². The minimum Gasteiger partial charge on any atom is -0.507 e. The maximum atomic E-state index is 12.3. The molecule has 1 amide bonds. The number of nitrogens with zero attached hydrogens (tertiary/aromatic N) is 1. The van der Waals surface area contributed by atoms with E-state index in [2.05, 4.69) is 4.98 Å². The van der Waals surface area contributed by atoms with Crippen LogP contribution in [0.25, 0.3) is 32.1 Å². The number of phenolic OH excluding ortho intramolecular Hbond substituents is 1. The Balaban J connectivity index is 1.72. The van der Waals surface area contributed by atoms with E-state index in [0.717, 1.165) is 21.9 Å². The molecule has 0 atom stereocenters. The number of amides is 1. The average molecular weight is 437 g/mol. The fourth-order valence-corrected chi connectivity index (χ4v) is 4.72. The molecule has 0 fully saturated rings. The maximum Gasteiger partial charge on any atom is 0.407 e. The first kappa shape index (κ1) is 20.9. The van der Waals surface area contributed by atoms with Crippen molar-refractivity contribution in [3.63, 3.8) is 0 Å². The first-order chi connectivity index (χ1) is 14.7. The Morgan fingerprint density at radius 3 is 2.45 bits per heavy atom. The van der Waals surface area contributed by atoms with Crippen molar-refractivity contribution in [1.29, 1.82) is 0 Å². The molecule has 0 saturated carbocycles. The molecule has 2 heterocycles. The van der Waals surface area contributed by atoms with Crippen LogP contribution in [0.4, 0.5) is 4.79 Å². The number of phenols is 1. The number of fused-ring (bicyclic) bond motifs is 3. The van der Waals surface area contributed by atoms with Crippen molar-refractivity contribution in [3.05, 3.63) is 63.8 Å². The number of hydrogen-bond donors (Lipinski definition) is 3. The summed E-state index contributed by atoms with van der Waals surface area (Å²) in [7, 11) is 0. The first-order valence-electron chi connectivity index (χ1n) is 10.0. The van der Waals surface area contributed by atoms with E-state index in [9.17, 15) is 19.8 Å². The molecule has 6 nitrogen and oxygen atoms in total. The summed E-state index contributed by atoms with van der Waals surface area (Å²) in [5, 5.41) is 23.6. The fraction of sp³-hybridized carbons (Fsp3) is 0.250. The maximum absolute atomic E-state index is 12.3. The van der Waals surface area contributed by atoms with Gasteiger partial charge in [0, 0.05) is 33.9 Å². The van der Waals surface area contributed by atoms with Gasteiger partial charge in [0.05, 0.1) is 0 Å². The largest absolute Gasteiger partial charge is 0.507 e. The van der Waals surface area contributed by atoms with Crippen LogP contribution in [0.15, 0.2) is 52.6 Å². The van der Waals surface area contributed by atoms with Gasteiger partial charge in [-0.2, -0.15) is 0 Å². The zero-order valence-corrected chi connectivity index (χ0v) is 18.4. The van der Waals surface area contributed by atoms with Crippen LogP contribution in [0.1, 0.15) is 26.3 Å². The highest BCUT2D eigenvalue weighted by molar-refractivity contribution is 7.17. The second kappa shape index (κ2) is 7.74. The summed E-state index contributed by atoms with van der Waals surface area (Å²) in [5.41, 5.74) is 2.58. The molecule has 0 unspecified atom stereocenters. The highest BCUT2D eigenvalue weighted by Gasteiger charge is 2.25. The number of rotatable bonds is 4. The summed E-state index contributed by atoms with van der Waals surface area (Å²) in [6.45, 7) is 6.03. The fourth-order valence-electron chi connectivity index (χ4n) is 3.93. The Hall–Kier alpha value is -3.32. The van der Waals surface area contributed by atoms with E-state index in [1.54, 1.807) is 12.1 Å². The van der Waals surface area contributed by atoms with Gasteiger partial charge in [0.2, 0.25) is 0 Å². The minimum absolute atomic E-state index is 0.133. The quantitative estimate of drug-likeness (QED) is 0.397. The van der Waals surface area contributed by atoms with Crippen LogP contribution < -0.4 is 5.56 Å². The summed E-state index contributed by atoms with van der Waals surface area (Å²) < 4.78 is 0.631. The number of benzene rings is 2. The highest BCUT2D eigenvalue weighted by Crippen LogP contribution is 2.39. The molecule has 31 heavy (non-hydrogen) atoms. The summed E-state index contributed by atoms with van der Waals surface area (Å²) in [6.07, 6.45) is -0.341. The predicted octanol–water partition coefficient (Wildman–Crippen LogP) is 5.44. The van der Waals surface area contributed by atoms with Gasteiger partial charge in [0.15, 0.2) is 0 Å². The zero-order valence-electron chi connectivity index (χ0n) is 17.6. The number of pyridine rings is 1. The van der Waals surface area contributed by atoms with Crippen molar-refractivity contribution in [2.75, 3.05) is 6.54 Å². The van der Waals surface area contributed by atoms with Gasteiger partial charge in [-0.05, 0) is 61.9 Å². The monoisotopic (exact) mass is 436 g/mol. The third-order valence-corrected chi connectivity index (χ3v) is 6.39. The van der Waals surface area contributed by atoms with Gasteiger partial charge in [-0.3, -0.25) is 4.79 Å². The number of carboxylic acid groups (broad SMARTS) is 1. The number of aromatic nitrogens is 1. The van der Waals surface area contributed by atoms with Crippen LogP contribution in [-0.4, -0.2) is 38.3 Å². The molecule has 160 valence electrons. The number of carbonyl (C=O) groups is 1. The van der Waals surface area contributed by atoms with E-state index in [-0.39, 0.29) is 11.3 Å². The van der Waals surface area contributed by atoms with Crippen molar-refractivity contribution in [2.45, 2.75) is 32.7 Å². The molecule has 2 aromatic heterocycles. The minimum atomic E-state index is -0.932. The van der Waals surface area contributed by atoms with Crippen LogP contribution in [0.5, 0.6) is 5.75 Å². The molecule has 2 aromatic carbocycles. The summed E-state index contributed by atoms with van der Waals surface area (Å²) in [5.74, 6) is 0.143. The molecule has 0 aliphatic carbocycles. The van der Waals surface area contributed by atoms with Gasteiger partial charge in [0.1, 0.15) is 10.4 Å². The van der Waals surface area contributed by atoms with E-state index < -0.39 is 11.6 Å². The molecular weight excluding hydrogens is 412 g/mol. The molecule has 7 heteroatoms. The SMILES string of the molecule is CC(C)(C)N(CCc1ccc(-c2c(O)ccc3[nH]c(=O)c4sccc4c23)cc1)C(=O)O. The van der Waals surface area contributed by atoms with E-state index in [1.165, 1.54) is 16.2 Å². The molecule has 0 bridgehead atoms. The second-order valence-corrected chi connectivity index (χ2v) is 9.47. The van der Waals surface area contributed by atoms with Gasteiger partial charge in [-0.25, -0.2) is 4.79 Å². The predicted molar refractivity (Wildman–Crippen MR) is 125 cm³/mol. The normalized spacial score (nSPS) is 11.8. The van der Waals surface area contributed by atoms with Crippen molar-refractivity contribution in [2.24, 2.45) is 0 Å². The molecule has 0 aliphatic heterocycles. The molecule has 4 rings (SSSR count). The van der Waals surface area contributed by atoms with Gasteiger partial charge < -0.3 is 20.1 Å². The smallest absolute Gasteiger partial charge is 0.407 e. The lowest BCUT2D eigenvalue weighted by Crippen LogP contribution is -2.45. The Morgan fingerprint density at radius 2 is 1.81 bits per heavy atom. The van der Waals surface area contributed by atoms with Crippen LogP contribution in [-0.2, 0) is 6.42 Å². The van der Waals surface area contributed by atoms with Gasteiger partial charge in [-0.15, -0.1) is 11.3 Å². The van der Waals surface area contributed by atoms with Crippen molar-refractivity contribution in [1.82, 2.24) is 9.88 Å². The number of hydrogen-bond acceptors (Lipinski definition) is 4. The highest BCUT2D eigenvalue weighted by atomic mass is 32.1. The van der Waals surface area contributed by atoms with Crippen LogP contribution in [0, 0.1) is 0 Å². The number of nitrogens with one attached hydrogen (secondary N) is 1. The van der Waals surface area contributed by atoms with Gasteiger partial charge in [-0.1, -0.05) is 24.3 Å². The summed E-state index contributed by atoms with van der Waals surface area (Å²) in [4.78, 5) is 28.2. The van der Waals surface area contributed by atoms with Crippen molar-refractivity contribution in [3.8, 4) is 16.9 Å². The Morgan fingerprint density at radius 1 is 1.10 bits per heavy atom. The van der Waals surface area contributed by atoms with E-state index in [0.29, 0.717) is 28.7 Å². The standard InChI is InChI=1S/C24H24N2O4S/c1-24(2,3)26(23(29)30)12-10-14-4-6-15(7-5-14)19-18(27)9-8-17-20(19)16-11-13-31-21(16)22(28)25-17/h4-9,11,13,27H,10,12H2,1-3H3,(H,25,28)(H,29,30). The van der Waals surface area contributed by atoms with Crippen LogP contribution >= 0.6 is 11.3 Å². The lowest BCUT2D eigenvalue weighted by Gasteiger charge is -2.33. The number of thiophene rings is 1. The van der Waals surface area contributed by atoms with E-state index in [1.807, 2.05) is 56.5 Å². The molecule has 0 aliphatic rings. The Bertz CT molecular complexity index is 1330. The zero-order chi connectivity index (χ0) is 22.3. The van der Waals surface area contributed by atoms with Crippen LogP contribution in [0.2, 0.25) is 0 Å². The third-order valence-electron chi connectivity index (χ3n) is 5.48. The lowest BCUT2D eigenvalue weighted by atomic mass is 9.96. The van der Waals surface area contributed by atoms with Crippen molar-refractivity contribution >= 4 is 38.4 Å². The van der Waals surface area contributed by atoms with Gasteiger partial charge >= 0.3 is 6.09 Å². The summed E-state index contributed by atoms with van der Waals surface area (Å²) >= 11 is 1.38. The molecule has 3 N–H and O–H groups in total. The number of H-pyrrole nitrogens is 1. The van der Waals surface area contributed by atoms with Gasteiger partial charge in [0.25, 0.3) is 5.56 Å². The Labute approximate surface area is 183 Å². The van der Waals surface area contributed by atoms with E-state index >= 15 is 0 Å². The molecule has 0 radical (unpaired) electrons. The lowest BCUT2D eigenvalue weighted by molar-refractivity contribution is 0.101. The second-order valence-electron chi connectivity index (χ2n) is 8.55. The number of aromatic hydroxyl groups is 1.